The minimum atomic E-state index is -0.422. The first-order chi connectivity index (χ1) is 11.0. The van der Waals surface area contributed by atoms with Crippen molar-refractivity contribution in [1.82, 2.24) is 5.43 Å². The number of halogens is 2. The zero-order chi connectivity index (χ0) is 16.8. The van der Waals surface area contributed by atoms with E-state index in [1.807, 2.05) is 13.0 Å². The molecule has 0 aromatic heterocycles. The molecule has 2 N–H and O–H groups in total. The first-order valence-corrected chi connectivity index (χ1v) is 7.82. The van der Waals surface area contributed by atoms with Gasteiger partial charge < -0.3 is 9.84 Å². The number of nitrogens with one attached hydrogen (secondary N) is 1. The fourth-order valence-corrected chi connectivity index (χ4v) is 2.50. The van der Waals surface area contributed by atoms with Crippen molar-refractivity contribution < 1.29 is 14.6 Å². The van der Waals surface area contributed by atoms with Crippen LogP contribution in [0.15, 0.2) is 46.0 Å². The highest BCUT2D eigenvalue weighted by Crippen LogP contribution is 2.27. The average molecular weight is 398 g/mol. The van der Waals surface area contributed by atoms with Crippen molar-refractivity contribution in [2.75, 3.05) is 6.61 Å². The van der Waals surface area contributed by atoms with E-state index in [-0.39, 0.29) is 12.4 Å². The number of nitrogens with zero attached hydrogens (tertiary/aromatic N) is 1. The van der Waals surface area contributed by atoms with Crippen LogP contribution >= 0.6 is 27.5 Å². The minimum Gasteiger partial charge on any atom is -0.507 e. The molecule has 0 atom stereocenters. The molecule has 5 nitrogen and oxygen atoms in total. The molecule has 0 fully saturated rings. The molecule has 0 spiro atoms. The predicted octanol–water partition coefficient (Wildman–Crippen LogP) is 3.65. The molecule has 0 aliphatic carbocycles. The molecule has 0 radical (unpaired) electrons. The summed E-state index contributed by atoms with van der Waals surface area (Å²) >= 11 is 9.12. The first kappa shape index (κ1) is 17.3. The fraction of sp³-hybridized carbons (Fsp3) is 0.125. The van der Waals surface area contributed by atoms with Gasteiger partial charge >= 0.3 is 0 Å². The lowest BCUT2D eigenvalue weighted by atomic mass is 10.1. The number of hydrazone groups is 1. The maximum absolute atomic E-state index is 11.7. The molecular formula is C16H14BrClN2O3. The molecule has 2 rings (SSSR count). The molecular weight excluding hydrogens is 384 g/mol. The van der Waals surface area contributed by atoms with Crippen molar-refractivity contribution in [1.29, 1.82) is 0 Å². The van der Waals surface area contributed by atoms with Gasteiger partial charge in [0, 0.05) is 10.6 Å². The highest BCUT2D eigenvalue weighted by atomic mass is 79.9. The molecule has 120 valence electrons. The Morgan fingerprint density at radius 1 is 1.39 bits per heavy atom. The molecule has 1 amide bonds. The number of rotatable bonds is 5. The number of amides is 1. The number of hydrogen-bond acceptors (Lipinski definition) is 4. The molecule has 2 aromatic carbocycles. The van der Waals surface area contributed by atoms with Crippen LogP contribution in [0.4, 0.5) is 0 Å². The Kier molecular flexibility index (Phi) is 6.01. The quantitative estimate of drug-likeness (QED) is 0.598. The van der Waals surface area contributed by atoms with Crippen molar-refractivity contribution in [3.8, 4) is 11.5 Å². The van der Waals surface area contributed by atoms with Crippen molar-refractivity contribution in [2.45, 2.75) is 6.92 Å². The van der Waals surface area contributed by atoms with Crippen LogP contribution in [0, 0.1) is 6.92 Å². The van der Waals surface area contributed by atoms with Gasteiger partial charge in [-0.3, -0.25) is 4.79 Å². The number of benzene rings is 2. The number of phenols is 1. The summed E-state index contributed by atoms with van der Waals surface area (Å²) in [6, 6.07) is 10.2. The van der Waals surface area contributed by atoms with Gasteiger partial charge in [0.05, 0.1) is 10.7 Å². The van der Waals surface area contributed by atoms with E-state index >= 15 is 0 Å². The fourth-order valence-electron chi connectivity index (χ4n) is 1.70. The second-order valence-electron chi connectivity index (χ2n) is 4.72. The van der Waals surface area contributed by atoms with Crippen molar-refractivity contribution in [2.24, 2.45) is 5.10 Å². The molecule has 23 heavy (non-hydrogen) atoms. The molecule has 0 saturated carbocycles. The minimum absolute atomic E-state index is 0.101. The normalized spacial score (nSPS) is 10.7. The zero-order valence-corrected chi connectivity index (χ0v) is 14.6. The number of aryl methyl sites for hydroxylation is 1. The van der Waals surface area contributed by atoms with Gasteiger partial charge in [0.2, 0.25) is 0 Å². The molecule has 2 aromatic rings. The number of hydrogen-bond donors (Lipinski definition) is 2. The predicted molar refractivity (Wildman–Crippen MR) is 93.2 cm³/mol. The van der Waals surface area contributed by atoms with E-state index in [4.69, 9.17) is 16.3 Å². The van der Waals surface area contributed by atoms with Crippen molar-refractivity contribution >= 4 is 39.7 Å². The van der Waals surface area contributed by atoms with E-state index in [1.165, 1.54) is 6.21 Å². The lowest BCUT2D eigenvalue weighted by molar-refractivity contribution is -0.123. The number of phenolic OH excluding ortho intramolecular Hbond substituents is 1. The number of ether oxygens (including phenoxy) is 1. The van der Waals surface area contributed by atoms with Gasteiger partial charge in [-0.15, -0.1) is 0 Å². The van der Waals surface area contributed by atoms with Crippen LogP contribution in [0.2, 0.25) is 5.02 Å². The van der Waals surface area contributed by atoms with E-state index in [2.05, 4.69) is 26.5 Å². The second-order valence-corrected chi connectivity index (χ2v) is 6.01. The topological polar surface area (TPSA) is 70.9 Å². The van der Waals surface area contributed by atoms with Gasteiger partial charge in [-0.1, -0.05) is 17.7 Å². The number of aromatic hydroxyl groups is 1. The van der Waals surface area contributed by atoms with Crippen LogP contribution in [0.1, 0.15) is 11.1 Å². The van der Waals surface area contributed by atoms with Gasteiger partial charge in [-0.05, 0) is 58.7 Å². The summed E-state index contributed by atoms with van der Waals surface area (Å²) in [7, 11) is 0. The summed E-state index contributed by atoms with van der Waals surface area (Å²) in [4.78, 5) is 11.7. The van der Waals surface area contributed by atoms with E-state index in [9.17, 15) is 9.90 Å². The first-order valence-electron chi connectivity index (χ1n) is 6.65. The average Bonchev–Trinajstić information content (AvgIpc) is 2.48. The van der Waals surface area contributed by atoms with Gasteiger partial charge in [0.15, 0.2) is 6.61 Å². The molecule has 0 aliphatic heterocycles. The van der Waals surface area contributed by atoms with Crippen molar-refractivity contribution in [3.05, 3.63) is 57.0 Å². The van der Waals surface area contributed by atoms with Crippen LogP contribution < -0.4 is 10.2 Å². The molecule has 0 bridgehead atoms. The third-order valence-electron chi connectivity index (χ3n) is 2.83. The van der Waals surface area contributed by atoms with E-state index < -0.39 is 5.91 Å². The maximum atomic E-state index is 11.7. The van der Waals surface area contributed by atoms with Gasteiger partial charge in [-0.2, -0.15) is 5.10 Å². The Labute approximate surface area is 147 Å². The summed E-state index contributed by atoms with van der Waals surface area (Å²) in [6.07, 6.45) is 1.37. The number of carbonyl (C=O) groups excluding carboxylic acids is 1. The van der Waals surface area contributed by atoms with E-state index in [0.717, 1.165) is 5.56 Å². The summed E-state index contributed by atoms with van der Waals surface area (Å²) in [5, 5.41) is 14.1. The van der Waals surface area contributed by atoms with Crippen LogP contribution in [-0.4, -0.2) is 23.8 Å². The summed E-state index contributed by atoms with van der Waals surface area (Å²) in [5.41, 5.74) is 3.77. The zero-order valence-electron chi connectivity index (χ0n) is 12.2. The summed E-state index contributed by atoms with van der Waals surface area (Å²) < 4.78 is 6.01. The van der Waals surface area contributed by atoms with Crippen LogP contribution in [0.3, 0.4) is 0 Å². The SMILES string of the molecule is Cc1ccc(/C=N/NC(=O)COc2ccc(Cl)cc2Br)c(O)c1. The van der Waals surface area contributed by atoms with Gasteiger partial charge in [0.1, 0.15) is 11.5 Å². The summed E-state index contributed by atoms with van der Waals surface area (Å²) in [6.45, 7) is 1.67. The van der Waals surface area contributed by atoms with E-state index in [0.29, 0.717) is 20.8 Å². The van der Waals surface area contributed by atoms with Crippen LogP contribution in [0.25, 0.3) is 0 Å². The lowest BCUT2D eigenvalue weighted by Gasteiger charge is -2.07. The lowest BCUT2D eigenvalue weighted by Crippen LogP contribution is -2.24. The highest BCUT2D eigenvalue weighted by molar-refractivity contribution is 9.10. The Bertz CT molecular complexity index is 750. The Morgan fingerprint density at radius 3 is 2.87 bits per heavy atom. The van der Waals surface area contributed by atoms with Gasteiger partial charge in [-0.25, -0.2) is 5.43 Å². The maximum Gasteiger partial charge on any atom is 0.277 e. The van der Waals surface area contributed by atoms with Crippen LogP contribution in [0.5, 0.6) is 11.5 Å². The largest absolute Gasteiger partial charge is 0.507 e. The van der Waals surface area contributed by atoms with Crippen LogP contribution in [-0.2, 0) is 4.79 Å². The summed E-state index contributed by atoms with van der Waals surface area (Å²) in [5.74, 6) is 0.184. The smallest absolute Gasteiger partial charge is 0.277 e. The Morgan fingerprint density at radius 2 is 2.17 bits per heavy atom. The third-order valence-corrected chi connectivity index (χ3v) is 3.69. The third kappa shape index (κ3) is 5.26. The standard InChI is InChI=1S/C16H14BrClN2O3/c1-10-2-3-11(14(21)6-10)8-19-20-16(22)9-23-15-5-4-12(18)7-13(15)17/h2-8,21H,9H2,1H3,(H,20,22)/b19-8+. The Balaban J connectivity index is 1.86. The second kappa shape index (κ2) is 7.99. The number of carbonyl (C=O) groups is 1. The molecule has 0 unspecified atom stereocenters. The van der Waals surface area contributed by atoms with Crippen molar-refractivity contribution in [3.63, 3.8) is 0 Å². The highest BCUT2D eigenvalue weighted by Gasteiger charge is 2.05. The molecule has 7 heteroatoms. The Hall–Kier alpha value is -2.05. The molecule has 0 aliphatic rings. The van der Waals surface area contributed by atoms with E-state index in [1.54, 1.807) is 30.3 Å². The molecule has 0 saturated heterocycles. The molecule has 0 heterocycles. The van der Waals surface area contributed by atoms with Gasteiger partial charge in [0.25, 0.3) is 5.91 Å². The monoisotopic (exact) mass is 396 g/mol.